The highest BCUT2D eigenvalue weighted by molar-refractivity contribution is 5.94. The molecule has 6 fully saturated rings. The number of carbonyl (C=O) groups excluding carboxylic acids is 4. The predicted molar refractivity (Wildman–Crippen MR) is 107 cm³/mol. The number of nitrogens with one attached hydrogen (secondary N) is 1. The van der Waals surface area contributed by atoms with Crippen molar-refractivity contribution in [2.75, 3.05) is 7.05 Å². The van der Waals surface area contributed by atoms with Crippen molar-refractivity contribution in [3.05, 3.63) is 0 Å². The van der Waals surface area contributed by atoms with Crippen molar-refractivity contribution in [3.8, 4) is 0 Å². The topological polar surface area (TPSA) is 187 Å². The Balaban J connectivity index is 1.72. The first kappa shape index (κ1) is 23.0. The molecule has 0 aromatic carbocycles. The number of fused-ring (bicyclic) bond motifs is 1. The molecule has 0 radical (unpaired) electrons. The molecule has 13 heteroatoms. The molecule has 2 saturated carbocycles. The summed E-state index contributed by atoms with van der Waals surface area (Å²) in [7, 11) is 1.33. The van der Waals surface area contributed by atoms with Gasteiger partial charge in [0.2, 0.25) is 11.9 Å². The standard InChI is InChI=1S/C22H27NO12/c1-6-13(26)32-12-9(24)20-11-7(31-17(29)23-5)8(18(2,3)4)19(20)10(25)14(27)34-16(19)35-22(20,15(28)33-11)21(6,12)30/h6-12,16,24-25,30H,1-5H3,(H,23,29)/t6-,7-,8+,9+,10+,11?,12?,16?,19?,20?,21-,22?/m1/s1. The monoisotopic (exact) mass is 497 g/mol. The molecule has 12 atom stereocenters. The summed E-state index contributed by atoms with van der Waals surface area (Å²) >= 11 is 0. The molecule has 6 unspecified atom stereocenters. The minimum Gasteiger partial charge on any atom is -0.456 e. The van der Waals surface area contributed by atoms with Crippen LogP contribution in [0.25, 0.3) is 0 Å². The molecule has 6 rings (SSSR count). The molecule has 4 aliphatic heterocycles. The summed E-state index contributed by atoms with van der Waals surface area (Å²) in [6, 6.07) is 0. The molecule has 0 bridgehead atoms. The summed E-state index contributed by atoms with van der Waals surface area (Å²) in [5.41, 5.74) is -9.74. The molecule has 35 heavy (non-hydrogen) atoms. The van der Waals surface area contributed by atoms with E-state index < -0.39 is 100 Å². The van der Waals surface area contributed by atoms with Gasteiger partial charge < -0.3 is 44.3 Å². The highest BCUT2D eigenvalue weighted by Crippen LogP contribution is 2.84. The fraction of sp³-hybridized carbons (Fsp3) is 0.818. The highest BCUT2D eigenvalue weighted by atomic mass is 16.8. The van der Waals surface area contributed by atoms with Crippen LogP contribution in [0.5, 0.6) is 0 Å². The maximum absolute atomic E-state index is 13.7. The number of alkyl carbamates (subject to hydrolysis) is 1. The lowest BCUT2D eigenvalue weighted by molar-refractivity contribution is -0.240. The third kappa shape index (κ3) is 1.86. The third-order valence-electron chi connectivity index (χ3n) is 9.37. The zero-order valence-corrected chi connectivity index (χ0v) is 19.6. The summed E-state index contributed by atoms with van der Waals surface area (Å²) in [4.78, 5) is 51.4. The fourth-order valence-corrected chi connectivity index (χ4v) is 8.53. The van der Waals surface area contributed by atoms with E-state index in [0.29, 0.717) is 0 Å². The van der Waals surface area contributed by atoms with Gasteiger partial charge in [-0.3, -0.25) is 4.79 Å². The number of hydrogen-bond acceptors (Lipinski definition) is 12. The molecule has 0 aromatic rings. The van der Waals surface area contributed by atoms with E-state index in [1.165, 1.54) is 14.0 Å². The third-order valence-corrected chi connectivity index (χ3v) is 9.37. The summed E-state index contributed by atoms with van der Waals surface area (Å²) in [5.74, 6) is -5.39. The SMILES string of the molecule is CNC(=O)O[C@H]1C2OC(=O)C34OC5OC(=O)[C@H](O)C5([C@@H]1C(C)(C)C)C23[C@@H](O)C1OC(=O)[C@@H](C)[C@@]14O. The number of rotatable bonds is 1. The average Bonchev–Trinajstić information content (AvgIpc) is 3.47. The number of aliphatic hydroxyl groups is 3. The first-order valence-electron chi connectivity index (χ1n) is 11.5. The van der Waals surface area contributed by atoms with Crippen molar-refractivity contribution in [2.45, 2.75) is 75.7 Å². The number of esters is 3. The number of hydrogen-bond donors (Lipinski definition) is 4. The molecule has 4 N–H and O–H groups in total. The smallest absolute Gasteiger partial charge is 0.407 e. The van der Waals surface area contributed by atoms with Crippen LogP contribution in [0.2, 0.25) is 0 Å². The van der Waals surface area contributed by atoms with Gasteiger partial charge in [0, 0.05) is 13.0 Å². The Kier molecular flexibility index (Phi) is 3.98. The molecule has 2 spiro atoms. The van der Waals surface area contributed by atoms with Crippen LogP contribution >= 0.6 is 0 Å². The normalized spacial score (nSPS) is 55.0. The van der Waals surface area contributed by atoms with Crippen molar-refractivity contribution in [1.29, 1.82) is 0 Å². The fourth-order valence-electron chi connectivity index (χ4n) is 8.53. The van der Waals surface area contributed by atoms with E-state index in [1.807, 2.05) is 0 Å². The lowest BCUT2D eigenvalue weighted by Crippen LogP contribution is -2.67. The van der Waals surface area contributed by atoms with Gasteiger partial charge in [-0.05, 0) is 12.3 Å². The second-order valence-electron chi connectivity index (χ2n) is 11.4. The molecule has 192 valence electrons. The molecule has 4 heterocycles. The van der Waals surface area contributed by atoms with E-state index in [1.54, 1.807) is 20.8 Å². The van der Waals surface area contributed by atoms with Crippen LogP contribution in [-0.4, -0.2) is 94.4 Å². The summed E-state index contributed by atoms with van der Waals surface area (Å²) in [6.45, 7) is 6.61. The lowest BCUT2D eigenvalue weighted by Gasteiger charge is -2.47. The Labute approximate surface area is 199 Å². The van der Waals surface area contributed by atoms with E-state index in [4.69, 9.17) is 23.7 Å². The molecule has 4 saturated heterocycles. The van der Waals surface area contributed by atoms with Gasteiger partial charge in [-0.1, -0.05) is 20.8 Å². The van der Waals surface area contributed by atoms with Crippen LogP contribution in [-0.2, 0) is 38.1 Å². The maximum atomic E-state index is 13.7. The molecule has 2 aliphatic carbocycles. The Morgan fingerprint density at radius 2 is 1.71 bits per heavy atom. The van der Waals surface area contributed by atoms with Crippen molar-refractivity contribution >= 4 is 24.0 Å². The highest BCUT2D eigenvalue weighted by Gasteiger charge is 3.05. The van der Waals surface area contributed by atoms with Gasteiger partial charge in [-0.2, -0.15) is 0 Å². The second-order valence-corrected chi connectivity index (χ2v) is 11.4. The summed E-state index contributed by atoms with van der Waals surface area (Å²) < 4.78 is 28.3. The van der Waals surface area contributed by atoms with Crippen LogP contribution in [0, 0.1) is 28.1 Å². The Hall–Kier alpha value is -2.48. The molecular formula is C22H27NO12. The molecule has 13 nitrogen and oxygen atoms in total. The van der Waals surface area contributed by atoms with Crippen LogP contribution in [0.1, 0.15) is 27.7 Å². The molecule has 1 amide bonds. The Morgan fingerprint density at radius 1 is 1.06 bits per heavy atom. The van der Waals surface area contributed by atoms with Gasteiger partial charge in [-0.25, -0.2) is 14.4 Å². The van der Waals surface area contributed by atoms with E-state index >= 15 is 0 Å². The quantitative estimate of drug-likeness (QED) is 0.230. The van der Waals surface area contributed by atoms with Gasteiger partial charge in [0.15, 0.2) is 23.9 Å². The van der Waals surface area contributed by atoms with E-state index in [0.717, 1.165) is 0 Å². The summed E-state index contributed by atoms with van der Waals surface area (Å²) in [5, 5.41) is 37.7. The van der Waals surface area contributed by atoms with Crippen LogP contribution < -0.4 is 5.32 Å². The van der Waals surface area contributed by atoms with Crippen LogP contribution in [0.4, 0.5) is 4.79 Å². The molecule has 6 aliphatic rings. The zero-order valence-electron chi connectivity index (χ0n) is 19.6. The number of aliphatic hydroxyl groups excluding tert-OH is 2. The Bertz CT molecular complexity index is 1090. The van der Waals surface area contributed by atoms with Gasteiger partial charge >= 0.3 is 24.0 Å². The first-order valence-corrected chi connectivity index (χ1v) is 11.5. The van der Waals surface area contributed by atoms with Crippen LogP contribution in [0.15, 0.2) is 0 Å². The van der Waals surface area contributed by atoms with Gasteiger partial charge in [-0.15, -0.1) is 0 Å². The lowest BCUT2D eigenvalue weighted by atomic mass is 9.51. The van der Waals surface area contributed by atoms with Crippen LogP contribution in [0.3, 0.4) is 0 Å². The second kappa shape index (κ2) is 6.07. The average molecular weight is 497 g/mol. The number of ether oxygens (including phenoxy) is 5. The molecule has 0 aromatic heterocycles. The van der Waals surface area contributed by atoms with E-state index in [-0.39, 0.29) is 0 Å². The Morgan fingerprint density at radius 3 is 2.31 bits per heavy atom. The minimum absolute atomic E-state index is 0.862. The van der Waals surface area contributed by atoms with Crippen molar-refractivity contribution in [2.24, 2.45) is 28.1 Å². The number of amides is 1. The number of carbonyl (C=O) groups is 4. The molecular weight excluding hydrogens is 470 g/mol. The maximum Gasteiger partial charge on any atom is 0.407 e. The predicted octanol–water partition coefficient (Wildman–Crippen LogP) is -2.03. The summed E-state index contributed by atoms with van der Waals surface area (Å²) in [6.07, 6.45) is -10.7. The minimum atomic E-state index is -2.46. The van der Waals surface area contributed by atoms with Crippen molar-refractivity contribution < 1.29 is 58.2 Å². The van der Waals surface area contributed by atoms with Gasteiger partial charge in [0.05, 0.1) is 16.7 Å². The van der Waals surface area contributed by atoms with E-state index in [9.17, 15) is 34.5 Å². The largest absolute Gasteiger partial charge is 0.456 e. The first-order chi connectivity index (χ1) is 16.2. The van der Waals surface area contributed by atoms with Gasteiger partial charge in [0.1, 0.15) is 12.2 Å². The van der Waals surface area contributed by atoms with Crippen molar-refractivity contribution in [3.63, 3.8) is 0 Å². The van der Waals surface area contributed by atoms with Gasteiger partial charge in [0.25, 0.3) is 0 Å². The van der Waals surface area contributed by atoms with E-state index in [2.05, 4.69) is 5.32 Å². The zero-order chi connectivity index (χ0) is 25.7. The van der Waals surface area contributed by atoms with Crippen molar-refractivity contribution in [1.82, 2.24) is 5.32 Å².